The fourth-order valence-corrected chi connectivity index (χ4v) is 3.13. The smallest absolute Gasteiger partial charge is 0.159 e. The molecule has 1 aliphatic rings. The number of benzene rings is 2. The third-order valence-corrected chi connectivity index (χ3v) is 4.33. The van der Waals surface area contributed by atoms with Crippen molar-refractivity contribution in [3.8, 4) is 22.4 Å². The maximum absolute atomic E-state index is 4.59. The van der Waals surface area contributed by atoms with E-state index in [9.17, 15) is 0 Å². The molecule has 0 bridgehead atoms. The van der Waals surface area contributed by atoms with Crippen molar-refractivity contribution in [2.75, 3.05) is 18.0 Å². The van der Waals surface area contributed by atoms with Gasteiger partial charge < -0.3 is 4.90 Å². The predicted octanol–water partition coefficient (Wildman–Crippen LogP) is 4.41. The van der Waals surface area contributed by atoms with Gasteiger partial charge in [-0.25, -0.2) is 0 Å². The Hall–Kier alpha value is -2.68. The molecule has 1 aromatic heterocycles. The van der Waals surface area contributed by atoms with E-state index >= 15 is 0 Å². The molecule has 114 valence electrons. The lowest BCUT2D eigenvalue weighted by atomic mass is 10.0. The zero-order valence-electron chi connectivity index (χ0n) is 13.0. The molecule has 23 heavy (non-hydrogen) atoms. The van der Waals surface area contributed by atoms with Gasteiger partial charge in [-0.3, -0.25) is 0 Å². The lowest BCUT2D eigenvalue weighted by molar-refractivity contribution is 0.898. The van der Waals surface area contributed by atoms with Crippen LogP contribution >= 0.6 is 0 Å². The Bertz CT molecular complexity index is 778. The van der Waals surface area contributed by atoms with Gasteiger partial charge in [-0.1, -0.05) is 60.7 Å². The van der Waals surface area contributed by atoms with Crippen LogP contribution in [0.25, 0.3) is 22.4 Å². The van der Waals surface area contributed by atoms with Crippen molar-refractivity contribution in [1.29, 1.82) is 0 Å². The van der Waals surface area contributed by atoms with Crippen molar-refractivity contribution in [2.45, 2.75) is 12.8 Å². The van der Waals surface area contributed by atoms with E-state index in [1.165, 1.54) is 24.0 Å². The van der Waals surface area contributed by atoms with Gasteiger partial charge in [0.1, 0.15) is 0 Å². The van der Waals surface area contributed by atoms with Gasteiger partial charge in [0.25, 0.3) is 0 Å². The topological polar surface area (TPSA) is 29.0 Å². The van der Waals surface area contributed by atoms with Crippen LogP contribution in [0, 0.1) is 0 Å². The number of hydrogen-bond acceptors (Lipinski definition) is 3. The molecule has 1 saturated heterocycles. The van der Waals surface area contributed by atoms with E-state index in [2.05, 4.69) is 57.6 Å². The molecule has 0 N–H and O–H groups in total. The van der Waals surface area contributed by atoms with Crippen molar-refractivity contribution >= 4 is 5.82 Å². The molecule has 0 aliphatic carbocycles. The average Bonchev–Trinajstić information content (AvgIpc) is 3.17. The van der Waals surface area contributed by atoms with E-state index in [1.54, 1.807) is 0 Å². The molecular weight excluding hydrogens is 282 g/mol. The van der Waals surface area contributed by atoms with E-state index in [-0.39, 0.29) is 0 Å². The molecule has 0 saturated carbocycles. The Balaban J connectivity index is 1.84. The highest BCUT2D eigenvalue weighted by molar-refractivity contribution is 5.79. The first-order valence-electron chi connectivity index (χ1n) is 8.15. The monoisotopic (exact) mass is 301 g/mol. The van der Waals surface area contributed by atoms with Crippen LogP contribution < -0.4 is 4.90 Å². The highest BCUT2D eigenvalue weighted by Gasteiger charge is 2.19. The number of nitrogens with zero attached hydrogens (tertiary/aromatic N) is 3. The Kier molecular flexibility index (Phi) is 3.76. The van der Waals surface area contributed by atoms with Crippen molar-refractivity contribution in [3.05, 3.63) is 66.7 Å². The van der Waals surface area contributed by atoms with Gasteiger partial charge in [0.15, 0.2) is 5.82 Å². The summed E-state index contributed by atoms with van der Waals surface area (Å²) in [4.78, 5) is 2.35. The first kappa shape index (κ1) is 13.9. The zero-order valence-corrected chi connectivity index (χ0v) is 13.0. The number of hydrogen-bond donors (Lipinski definition) is 0. The third-order valence-electron chi connectivity index (χ3n) is 4.33. The van der Waals surface area contributed by atoms with Crippen LogP contribution in [0.15, 0.2) is 66.7 Å². The number of rotatable bonds is 3. The number of anilines is 1. The summed E-state index contributed by atoms with van der Waals surface area (Å²) in [5.74, 6) is 1.01. The fourth-order valence-electron chi connectivity index (χ4n) is 3.13. The molecule has 2 aromatic carbocycles. The molecule has 1 fully saturated rings. The second-order valence-electron chi connectivity index (χ2n) is 5.89. The molecule has 0 unspecified atom stereocenters. The summed E-state index contributed by atoms with van der Waals surface area (Å²) in [5.41, 5.74) is 4.39. The van der Waals surface area contributed by atoms with Crippen LogP contribution in [0.3, 0.4) is 0 Å². The predicted molar refractivity (Wildman–Crippen MR) is 94.4 cm³/mol. The zero-order chi connectivity index (χ0) is 15.5. The Morgan fingerprint density at radius 3 is 1.96 bits per heavy atom. The van der Waals surface area contributed by atoms with Gasteiger partial charge in [-0.2, -0.15) is 0 Å². The first-order valence-corrected chi connectivity index (χ1v) is 8.15. The minimum atomic E-state index is 0.924. The molecule has 3 heteroatoms. The van der Waals surface area contributed by atoms with Gasteiger partial charge in [0, 0.05) is 24.2 Å². The largest absolute Gasteiger partial charge is 0.355 e. The summed E-state index contributed by atoms with van der Waals surface area (Å²) in [6, 6.07) is 22.9. The second kappa shape index (κ2) is 6.21. The molecule has 1 aliphatic heterocycles. The molecule has 4 rings (SSSR count). The maximum atomic E-state index is 4.59. The van der Waals surface area contributed by atoms with Gasteiger partial charge in [-0.15, -0.1) is 10.2 Å². The maximum Gasteiger partial charge on any atom is 0.159 e. The van der Waals surface area contributed by atoms with E-state index < -0.39 is 0 Å². The van der Waals surface area contributed by atoms with Crippen LogP contribution in [0.5, 0.6) is 0 Å². The summed E-state index contributed by atoms with van der Waals surface area (Å²) in [6.45, 7) is 2.14. The molecule has 3 nitrogen and oxygen atoms in total. The van der Waals surface area contributed by atoms with Crippen molar-refractivity contribution in [2.24, 2.45) is 0 Å². The van der Waals surface area contributed by atoms with E-state index in [1.807, 2.05) is 24.3 Å². The Morgan fingerprint density at radius 1 is 0.696 bits per heavy atom. The fraction of sp³-hybridized carbons (Fsp3) is 0.200. The highest BCUT2D eigenvalue weighted by Crippen LogP contribution is 2.33. The van der Waals surface area contributed by atoms with Gasteiger partial charge in [0.2, 0.25) is 0 Å². The van der Waals surface area contributed by atoms with Crippen molar-refractivity contribution in [1.82, 2.24) is 10.2 Å². The molecule has 0 radical (unpaired) electrons. The van der Waals surface area contributed by atoms with E-state index in [0.29, 0.717) is 0 Å². The summed E-state index contributed by atoms with van der Waals surface area (Å²) in [6.07, 6.45) is 2.46. The third kappa shape index (κ3) is 2.82. The summed E-state index contributed by atoms with van der Waals surface area (Å²) in [7, 11) is 0. The minimum Gasteiger partial charge on any atom is -0.355 e. The van der Waals surface area contributed by atoms with Gasteiger partial charge in [-0.05, 0) is 24.5 Å². The summed E-state index contributed by atoms with van der Waals surface area (Å²) in [5, 5.41) is 9.08. The SMILES string of the molecule is c1ccc(-c2cc(-c3ccccc3)c(N3CCCC3)nn2)cc1. The molecule has 0 atom stereocenters. The Labute approximate surface area is 136 Å². The molecule has 2 heterocycles. The summed E-state index contributed by atoms with van der Waals surface area (Å²) < 4.78 is 0. The van der Waals surface area contributed by atoms with E-state index in [4.69, 9.17) is 0 Å². The molecular formula is C20H19N3. The van der Waals surface area contributed by atoms with Crippen LogP contribution in [0.1, 0.15) is 12.8 Å². The van der Waals surface area contributed by atoms with Crippen LogP contribution in [-0.2, 0) is 0 Å². The lowest BCUT2D eigenvalue weighted by Gasteiger charge is -2.20. The lowest BCUT2D eigenvalue weighted by Crippen LogP contribution is -2.20. The standard InChI is InChI=1S/C20H19N3/c1-3-9-16(10-4-1)18-15-19(17-11-5-2-6-12-17)21-22-20(18)23-13-7-8-14-23/h1-6,9-12,15H,7-8,13-14H2. The first-order chi connectivity index (χ1) is 11.4. The van der Waals surface area contributed by atoms with Crippen molar-refractivity contribution < 1.29 is 0 Å². The molecule has 0 amide bonds. The Morgan fingerprint density at radius 2 is 1.30 bits per heavy atom. The van der Waals surface area contributed by atoms with Gasteiger partial charge >= 0.3 is 0 Å². The van der Waals surface area contributed by atoms with Crippen LogP contribution in [0.4, 0.5) is 5.82 Å². The van der Waals surface area contributed by atoms with Gasteiger partial charge in [0.05, 0.1) is 5.69 Å². The van der Waals surface area contributed by atoms with Crippen LogP contribution in [-0.4, -0.2) is 23.3 Å². The second-order valence-corrected chi connectivity index (χ2v) is 5.89. The average molecular weight is 301 g/mol. The molecule has 0 spiro atoms. The van der Waals surface area contributed by atoms with Crippen molar-refractivity contribution in [3.63, 3.8) is 0 Å². The normalized spacial score (nSPS) is 14.2. The summed E-state index contributed by atoms with van der Waals surface area (Å²) >= 11 is 0. The van der Waals surface area contributed by atoms with E-state index in [0.717, 1.165) is 30.2 Å². The highest BCUT2D eigenvalue weighted by atomic mass is 15.3. The number of aromatic nitrogens is 2. The van der Waals surface area contributed by atoms with Crippen LogP contribution in [0.2, 0.25) is 0 Å². The molecule has 3 aromatic rings. The quantitative estimate of drug-likeness (QED) is 0.717. The minimum absolute atomic E-state index is 0.924.